The number of H-pyrrole nitrogens is 1. The SMILES string of the molecule is CN=CC(=CN)c1cccc(NC(=O)c2cc3c([nH]c2=O)OC(C)(C)C3)n1. The zero-order valence-electron chi connectivity index (χ0n) is 15.4. The first-order valence-corrected chi connectivity index (χ1v) is 8.41. The molecule has 8 nitrogen and oxygen atoms in total. The lowest BCUT2D eigenvalue weighted by molar-refractivity contribution is 0.102. The fourth-order valence-electron chi connectivity index (χ4n) is 2.90. The maximum absolute atomic E-state index is 12.6. The Morgan fingerprint density at radius 3 is 2.93 bits per heavy atom. The van der Waals surface area contributed by atoms with Crippen molar-refractivity contribution >= 4 is 23.5 Å². The van der Waals surface area contributed by atoms with Crippen LogP contribution in [0.5, 0.6) is 5.88 Å². The van der Waals surface area contributed by atoms with Crippen molar-refractivity contribution in [1.82, 2.24) is 9.97 Å². The van der Waals surface area contributed by atoms with Crippen molar-refractivity contribution in [3.63, 3.8) is 0 Å². The quantitative estimate of drug-likeness (QED) is 0.710. The number of nitrogens with two attached hydrogens (primary N) is 1. The smallest absolute Gasteiger partial charge is 0.263 e. The first-order chi connectivity index (χ1) is 12.8. The fourth-order valence-corrected chi connectivity index (χ4v) is 2.90. The van der Waals surface area contributed by atoms with Crippen LogP contribution in [-0.2, 0) is 6.42 Å². The number of aromatic amines is 1. The number of hydrogen-bond donors (Lipinski definition) is 3. The van der Waals surface area contributed by atoms with Crippen LogP contribution in [-0.4, -0.2) is 34.7 Å². The van der Waals surface area contributed by atoms with Crippen LogP contribution in [0.2, 0.25) is 0 Å². The third-order valence-corrected chi connectivity index (χ3v) is 4.06. The summed E-state index contributed by atoms with van der Waals surface area (Å²) in [5.74, 6) is 0.173. The largest absolute Gasteiger partial charge is 0.472 e. The number of ether oxygens (including phenoxy) is 1. The van der Waals surface area contributed by atoms with Gasteiger partial charge in [0, 0.05) is 37.0 Å². The molecule has 3 rings (SSSR count). The topological polar surface area (TPSA) is 122 Å². The number of aromatic nitrogens is 2. The minimum absolute atomic E-state index is 0.00645. The molecule has 0 unspecified atom stereocenters. The maximum Gasteiger partial charge on any atom is 0.263 e. The molecule has 1 aliphatic rings. The van der Waals surface area contributed by atoms with Gasteiger partial charge in [0.25, 0.3) is 11.5 Å². The van der Waals surface area contributed by atoms with Gasteiger partial charge in [0.05, 0.1) is 5.69 Å². The number of anilines is 1. The van der Waals surface area contributed by atoms with Gasteiger partial charge in [-0.05, 0) is 32.0 Å². The summed E-state index contributed by atoms with van der Waals surface area (Å²) in [6.07, 6.45) is 3.56. The van der Waals surface area contributed by atoms with Gasteiger partial charge in [0.2, 0.25) is 0 Å². The zero-order chi connectivity index (χ0) is 19.6. The van der Waals surface area contributed by atoms with Crippen molar-refractivity contribution in [1.29, 1.82) is 0 Å². The summed E-state index contributed by atoms with van der Waals surface area (Å²) >= 11 is 0. The molecule has 27 heavy (non-hydrogen) atoms. The Balaban J connectivity index is 1.86. The van der Waals surface area contributed by atoms with Crippen LogP contribution in [0, 0.1) is 0 Å². The number of carbonyl (C=O) groups is 1. The van der Waals surface area contributed by atoms with Crippen LogP contribution < -0.4 is 21.3 Å². The number of rotatable bonds is 4. The number of hydrogen-bond acceptors (Lipinski definition) is 6. The van der Waals surface area contributed by atoms with E-state index in [1.54, 1.807) is 37.5 Å². The predicted molar refractivity (Wildman–Crippen MR) is 104 cm³/mol. The fraction of sp³-hybridized carbons (Fsp3) is 0.263. The first-order valence-electron chi connectivity index (χ1n) is 8.41. The van der Waals surface area contributed by atoms with Crippen molar-refractivity contribution in [2.45, 2.75) is 25.9 Å². The number of pyridine rings is 2. The lowest BCUT2D eigenvalue weighted by Gasteiger charge is -2.16. The first kappa shape index (κ1) is 18.4. The van der Waals surface area contributed by atoms with E-state index in [9.17, 15) is 9.59 Å². The second kappa shape index (κ2) is 7.06. The van der Waals surface area contributed by atoms with E-state index in [0.717, 1.165) is 5.56 Å². The van der Waals surface area contributed by atoms with Crippen LogP contribution in [0.4, 0.5) is 5.82 Å². The molecule has 0 saturated heterocycles. The molecule has 0 fully saturated rings. The van der Waals surface area contributed by atoms with Crippen molar-refractivity contribution in [2.75, 3.05) is 12.4 Å². The van der Waals surface area contributed by atoms with Crippen LogP contribution in [0.15, 0.2) is 40.3 Å². The molecular formula is C19H21N5O3. The van der Waals surface area contributed by atoms with E-state index in [4.69, 9.17) is 10.5 Å². The minimum Gasteiger partial charge on any atom is -0.472 e. The molecule has 2 aromatic rings. The van der Waals surface area contributed by atoms with Crippen LogP contribution in [0.3, 0.4) is 0 Å². The van der Waals surface area contributed by atoms with Crippen LogP contribution in [0.1, 0.15) is 35.5 Å². The molecule has 2 aromatic heterocycles. The van der Waals surface area contributed by atoms with Crippen LogP contribution >= 0.6 is 0 Å². The molecule has 0 radical (unpaired) electrons. The standard InChI is InChI=1S/C19H21N5O3/c1-19(2)8-11-7-13(17(26)24-18(11)27-19)16(25)23-15-6-4-5-14(22-15)12(9-20)10-21-3/h4-7,9-10H,8,20H2,1-3H3,(H,24,26)(H,22,23,25). The van der Waals surface area contributed by atoms with Gasteiger partial charge in [0.15, 0.2) is 5.88 Å². The van der Waals surface area contributed by atoms with Crippen molar-refractivity contribution < 1.29 is 9.53 Å². The second-order valence-corrected chi connectivity index (χ2v) is 6.78. The lowest BCUT2D eigenvalue weighted by Crippen LogP contribution is -2.25. The Labute approximate surface area is 156 Å². The van der Waals surface area contributed by atoms with Gasteiger partial charge < -0.3 is 15.8 Å². The average molecular weight is 367 g/mol. The monoisotopic (exact) mass is 367 g/mol. The third-order valence-electron chi connectivity index (χ3n) is 4.06. The van der Waals surface area contributed by atoms with Crippen molar-refractivity contribution in [3.05, 3.63) is 57.6 Å². The van der Waals surface area contributed by atoms with E-state index in [-0.39, 0.29) is 5.56 Å². The van der Waals surface area contributed by atoms with Gasteiger partial charge in [-0.3, -0.25) is 19.6 Å². The predicted octanol–water partition coefficient (Wildman–Crippen LogP) is 1.74. The number of aliphatic imine (C=N–C) groups is 1. The molecule has 0 spiro atoms. The molecule has 0 aliphatic carbocycles. The van der Waals surface area contributed by atoms with E-state index in [0.29, 0.717) is 29.4 Å². The normalized spacial score (nSPS) is 15.4. The Hall–Kier alpha value is -3.42. The summed E-state index contributed by atoms with van der Waals surface area (Å²) in [4.78, 5) is 35.8. The van der Waals surface area contributed by atoms with Crippen molar-refractivity contribution in [2.24, 2.45) is 10.7 Å². The molecular weight excluding hydrogens is 346 g/mol. The highest BCUT2D eigenvalue weighted by atomic mass is 16.5. The van der Waals surface area contributed by atoms with Gasteiger partial charge in [-0.1, -0.05) is 6.07 Å². The highest BCUT2D eigenvalue weighted by Crippen LogP contribution is 2.32. The Morgan fingerprint density at radius 1 is 1.44 bits per heavy atom. The Kier molecular flexibility index (Phi) is 4.81. The molecule has 4 N–H and O–H groups in total. The second-order valence-electron chi connectivity index (χ2n) is 6.78. The molecule has 8 heteroatoms. The molecule has 1 aliphatic heterocycles. The minimum atomic E-state index is -0.546. The molecule has 0 bridgehead atoms. The Morgan fingerprint density at radius 2 is 2.22 bits per heavy atom. The van der Waals surface area contributed by atoms with E-state index >= 15 is 0 Å². The van der Waals surface area contributed by atoms with E-state index in [2.05, 4.69) is 20.3 Å². The lowest BCUT2D eigenvalue weighted by atomic mass is 10.0. The summed E-state index contributed by atoms with van der Waals surface area (Å²) in [6.45, 7) is 3.84. The Bertz CT molecular complexity index is 1000. The summed E-state index contributed by atoms with van der Waals surface area (Å²) in [7, 11) is 1.63. The molecule has 0 aromatic carbocycles. The van der Waals surface area contributed by atoms with Gasteiger partial charge in [-0.25, -0.2) is 4.98 Å². The van der Waals surface area contributed by atoms with Gasteiger partial charge in [-0.15, -0.1) is 0 Å². The van der Waals surface area contributed by atoms with E-state index < -0.39 is 17.1 Å². The zero-order valence-corrected chi connectivity index (χ0v) is 15.4. The number of nitrogens with one attached hydrogen (secondary N) is 2. The molecule has 1 amide bonds. The van der Waals surface area contributed by atoms with Gasteiger partial charge >= 0.3 is 0 Å². The summed E-state index contributed by atoms with van der Waals surface area (Å²) in [6, 6.07) is 6.68. The highest BCUT2D eigenvalue weighted by molar-refractivity contribution is 6.09. The summed E-state index contributed by atoms with van der Waals surface area (Å²) < 4.78 is 5.68. The molecule has 0 atom stereocenters. The third kappa shape index (κ3) is 3.89. The van der Waals surface area contributed by atoms with E-state index in [1.165, 1.54) is 6.20 Å². The number of fused-ring (bicyclic) bond motifs is 1. The van der Waals surface area contributed by atoms with Crippen molar-refractivity contribution in [3.8, 4) is 5.88 Å². The number of amides is 1. The number of allylic oxidation sites excluding steroid dienone is 1. The molecule has 140 valence electrons. The van der Waals surface area contributed by atoms with Gasteiger partial charge in [0.1, 0.15) is 17.0 Å². The summed E-state index contributed by atoms with van der Waals surface area (Å²) in [5, 5.41) is 2.65. The van der Waals surface area contributed by atoms with Gasteiger partial charge in [-0.2, -0.15) is 0 Å². The highest BCUT2D eigenvalue weighted by Gasteiger charge is 2.32. The molecule has 3 heterocycles. The molecule has 0 saturated carbocycles. The summed E-state index contributed by atoms with van der Waals surface area (Å²) in [5.41, 5.74) is 6.63. The maximum atomic E-state index is 12.6. The number of carbonyl (C=O) groups excluding carboxylic acids is 1. The van der Waals surface area contributed by atoms with Crippen LogP contribution in [0.25, 0.3) is 5.57 Å². The number of nitrogens with zero attached hydrogens (tertiary/aromatic N) is 2. The average Bonchev–Trinajstić information content (AvgIpc) is 2.91. The van der Waals surface area contributed by atoms with E-state index in [1.807, 2.05) is 13.8 Å².